The van der Waals surface area contributed by atoms with Crippen molar-refractivity contribution in [3.8, 4) is 0 Å². The first-order chi connectivity index (χ1) is 7.29. The fraction of sp³-hybridized carbons (Fsp3) is 0.500. The number of benzene rings is 1. The topological polar surface area (TPSA) is 21.3 Å². The van der Waals surface area contributed by atoms with Crippen molar-refractivity contribution >= 4 is 0 Å². The maximum atomic E-state index is 13.4. The van der Waals surface area contributed by atoms with Gasteiger partial charge in [-0.15, -0.1) is 0 Å². The summed E-state index contributed by atoms with van der Waals surface area (Å²) in [5, 5.41) is 3.22. The van der Waals surface area contributed by atoms with Crippen molar-refractivity contribution in [1.82, 2.24) is 5.32 Å². The van der Waals surface area contributed by atoms with Crippen molar-refractivity contribution < 1.29 is 9.13 Å². The molecule has 0 amide bonds. The highest BCUT2D eigenvalue weighted by molar-refractivity contribution is 5.20. The van der Waals surface area contributed by atoms with Gasteiger partial charge in [0.15, 0.2) is 0 Å². The minimum atomic E-state index is -0.210. The summed E-state index contributed by atoms with van der Waals surface area (Å²) in [6.07, 6.45) is 0.853. The molecule has 84 valence electrons. The van der Waals surface area contributed by atoms with Gasteiger partial charge in [-0.2, -0.15) is 0 Å². The smallest absolute Gasteiger partial charge is 0.129 e. The average Bonchev–Trinajstić information content (AvgIpc) is 2.26. The number of halogens is 1. The van der Waals surface area contributed by atoms with E-state index in [4.69, 9.17) is 4.74 Å². The zero-order chi connectivity index (χ0) is 11.1. The van der Waals surface area contributed by atoms with Crippen molar-refractivity contribution in [3.63, 3.8) is 0 Å². The van der Waals surface area contributed by atoms with Crippen LogP contribution in [-0.2, 0) is 4.74 Å². The summed E-state index contributed by atoms with van der Waals surface area (Å²) in [6, 6.07) is 6.73. The van der Waals surface area contributed by atoms with Crippen LogP contribution in [-0.4, -0.2) is 20.2 Å². The molecular formula is C12H18FNO. The first-order valence-corrected chi connectivity index (χ1v) is 5.27. The van der Waals surface area contributed by atoms with Crippen molar-refractivity contribution in [2.24, 2.45) is 0 Å². The van der Waals surface area contributed by atoms with Crippen molar-refractivity contribution in [3.05, 3.63) is 35.6 Å². The molecule has 0 saturated carbocycles. The lowest BCUT2D eigenvalue weighted by atomic mass is 10.1. The molecule has 3 heteroatoms. The van der Waals surface area contributed by atoms with Crippen LogP contribution in [0.25, 0.3) is 0 Å². The zero-order valence-electron chi connectivity index (χ0n) is 9.29. The van der Waals surface area contributed by atoms with Crippen molar-refractivity contribution in [2.75, 3.05) is 20.2 Å². The second-order valence-electron chi connectivity index (χ2n) is 3.45. The first kappa shape index (κ1) is 12.1. The van der Waals surface area contributed by atoms with E-state index in [9.17, 15) is 4.39 Å². The van der Waals surface area contributed by atoms with E-state index in [1.165, 1.54) is 6.07 Å². The molecule has 0 radical (unpaired) electrons. The number of rotatable bonds is 6. The van der Waals surface area contributed by atoms with Crippen LogP contribution in [0, 0.1) is 5.82 Å². The van der Waals surface area contributed by atoms with Gasteiger partial charge < -0.3 is 10.1 Å². The molecule has 0 bridgehead atoms. The molecule has 2 nitrogen and oxygen atoms in total. The maximum absolute atomic E-state index is 13.4. The fourth-order valence-corrected chi connectivity index (χ4v) is 1.47. The lowest BCUT2D eigenvalue weighted by molar-refractivity contribution is 0.0993. The molecule has 0 aliphatic carbocycles. The van der Waals surface area contributed by atoms with Crippen LogP contribution in [0.1, 0.15) is 25.0 Å². The number of hydrogen-bond acceptors (Lipinski definition) is 2. The molecule has 1 aromatic rings. The van der Waals surface area contributed by atoms with Gasteiger partial charge in [-0.1, -0.05) is 25.1 Å². The Balaban J connectivity index is 2.61. The number of ether oxygens (including phenoxy) is 1. The van der Waals surface area contributed by atoms with Gasteiger partial charge >= 0.3 is 0 Å². The Morgan fingerprint density at radius 2 is 2.13 bits per heavy atom. The monoisotopic (exact) mass is 211 g/mol. The van der Waals surface area contributed by atoms with Crippen LogP contribution in [0.3, 0.4) is 0 Å². The van der Waals surface area contributed by atoms with Crippen LogP contribution < -0.4 is 5.32 Å². The van der Waals surface area contributed by atoms with Crippen LogP contribution in [0.2, 0.25) is 0 Å². The minimum absolute atomic E-state index is 0.206. The second-order valence-corrected chi connectivity index (χ2v) is 3.45. The Bertz CT molecular complexity index is 291. The molecule has 0 saturated heterocycles. The van der Waals surface area contributed by atoms with E-state index in [0.29, 0.717) is 12.1 Å². The van der Waals surface area contributed by atoms with Gasteiger partial charge in [0.25, 0.3) is 0 Å². The molecular weight excluding hydrogens is 193 g/mol. The molecule has 0 aromatic heterocycles. The van der Waals surface area contributed by atoms with E-state index in [0.717, 1.165) is 13.0 Å². The van der Waals surface area contributed by atoms with Gasteiger partial charge in [-0.3, -0.25) is 0 Å². The third-order valence-electron chi connectivity index (χ3n) is 2.29. The molecule has 0 aliphatic rings. The average molecular weight is 211 g/mol. The Morgan fingerprint density at radius 1 is 1.40 bits per heavy atom. The van der Waals surface area contributed by atoms with Gasteiger partial charge in [0.05, 0.1) is 6.10 Å². The zero-order valence-corrected chi connectivity index (χ0v) is 9.29. The molecule has 15 heavy (non-hydrogen) atoms. The predicted octanol–water partition coefficient (Wildman–Crippen LogP) is 2.51. The van der Waals surface area contributed by atoms with Crippen molar-refractivity contribution in [1.29, 1.82) is 0 Å². The quantitative estimate of drug-likeness (QED) is 0.730. The molecule has 1 rings (SSSR count). The van der Waals surface area contributed by atoms with E-state index in [1.807, 2.05) is 6.07 Å². The third-order valence-corrected chi connectivity index (χ3v) is 2.29. The van der Waals surface area contributed by atoms with Crippen LogP contribution >= 0.6 is 0 Å². The lowest BCUT2D eigenvalue weighted by Gasteiger charge is -2.16. The molecule has 1 N–H and O–H groups in total. The molecule has 0 spiro atoms. The van der Waals surface area contributed by atoms with Crippen molar-refractivity contribution in [2.45, 2.75) is 19.4 Å². The van der Waals surface area contributed by atoms with Crippen LogP contribution in [0.5, 0.6) is 0 Å². The van der Waals surface area contributed by atoms with Gasteiger partial charge in [-0.05, 0) is 19.0 Å². The first-order valence-electron chi connectivity index (χ1n) is 5.27. The number of methoxy groups -OCH3 is 1. The maximum Gasteiger partial charge on any atom is 0.129 e. The standard InChI is InChI=1S/C12H18FNO/c1-3-8-14-9-12(15-2)10-6-4-5-7-11(10)13/h4-7,12,14H,3,8-9H2,1-2H3. The highest BCUT2D eigenvalue weighted by Crippen LogP contribution is 2.18. The number of nitrogens with one attached hydrogen (secondary N) is 1. The van der Waals surface area contributed by atoms with Crippen LogP contribution in [0.4, 0.5) is 4.39 Å². The Hall–Kier alpha value is -0.930. The van der Waals surface area contributed by atoms with Crippen LogP contribution in [0.15, 0.2) is 24.3 Å². The summed E-state index contributed by atoms with van der Waals surface area (Å²) >= 11 is 0. The van der Waals surface area contributed by atoms with E-state index in [1.54, 1.807) is 19.2 Å². The summed E-state index contributed by atoms with van der Waals surface area (Å²) in [6.45, 7) is 3.66. The van der Waals surface area contributed by atoms with Gasteiger partial charge in [0.2, 0.25) is 0 Å². The molecule has 1 aromatic carbocycles. The van der Waals surface area contributed by atoms with E-state index in [-0.39, 0.29) is 11.9 Å². The van der Waals surface area contributed by atoms with Gasteiger partial charge in [0, 0.05) is 19.2 Å². The molecule has 1 unspecified atom stereocenters. The molecule has 0 heterocycles. The Kier molecular flexibility index (Phi) is 5.29. The summed E-state index contributed by atoms with van der Waals surface area (Å²) in [4.78, 5) is 0. The minimum Gasteiger partial charge on any atom is -0.375 e. The van der Waals surface area contributed by atoms with Gasteiger partial charge in [0.1, 0.15) is 5.82 Å². The largest absolute Gasteiger partial charge is 0.375 e. The predicted molar refractivity (Wildman–Crippen MR) is 59.3 cm³/mol. The van der Waals surface area contributed by atoms with Gasteiger partial charge in [-0.25, -0.2) is 4.39 Å². The fourth-order valence-electron chi connectivity index (χ4n) is 1.47. The summed E-state index contributed by atoms with van der Waals surface area (Å²) in [5.74, 6) is -0.206. The number of hydrogen-bond donors (Lipinski definition) is 1. The highest BCUT2D eigenvalue weighted by atomic mass is 19.1. The summed E-state index contributed by atoms with van der Waals surface area (Å²) < 4.78 is 18.7. The highest BCUT2D eigenvalue weighted by Gasteiger charge is 2.13. The molecule has 0 aliphatic heterocycles. The van der Waals surface area contributed by atoms with E-state index >= 15 is 0 Å². The second kappa shape index (κ2) is 6.53. The normalized spacial score (nSPS) is 12.7. The summed E-state index contributed by atoms with van der Waals surface area (Å²) in [7, 11) is 1.60. The Labute approximate surface area is 90.4 Å². The lowest BCUT2D eigenvalue weighted by Crippen LogP contribution is -2.23. The third kappa shape index (κ3) is 3.61. The van der Waals surface area contributed by atoms with E-state index in [2.05, 4.69) is 12.2 Å². The molecule has 0 fully saturated rings. The Morgan fingerprint density at radius 3 is 2.73 bits per heavy atom. The van der Waals surface area contributed by atoms with E-state index < -0.39 is 0 Å². The SMILES string of the molecule is CCCNCC(OC)c1ccccc1F. The molecule has 1 atom stereocenters. The summed E-state index contributed by atoms with van der Waals surface area (Å²) in [5.41, 5.74) is 0.614.